The van der Waals surface area contributed by atoms with Gasteiger partial charge < -0.3 is 5.32 Å². The number of hydrogen-bond donors (Lipinski definition) is 1. The molecule has 1 aromatic heterocycles. The number of para-hydroxylation sites is 1. The third-order valence-electron chi connectivity index (χ3n) is 3.07. The van der Waals surface area contributed by atoms with Crippen molar-refractivity contribution >= 4 is 5.95 Å². The van der Waals surface area contributed by atoms with Gasteiger partial charge in [0, 0.05) is 6.04 Å². The smallest absolute Gasteiger partial charge is 0.247 e. The van der Waals surface area contributed by atoms with Crippen molar-refractivity contribution < 1.29 is 0 Å². The van der Waals surface area contributed by atoms with Crippen molar-refractivity contribution in [3.63, 3.8) is 0 Å². The van der Waals surface area contributed by atoms with E-state index in [1.807, 2.05) is 30.3 Å². The van der Waals surface area contributed by atoms with Crippen LogP contribution >= 0.6 is 0 Å². The largest absolute Gasteiger partial charge is 0.350 e. The minimum Gasteiger partial charge on any atom is -0.350 e. The molecule has 5 heteroatoms. The molecule has 0 spiro atoms. The Morgan fingerprint density at radius 3 is 2.83 bits per heavy atom. The molecule has 1 atom stereocenters. The molecule has 2 aromatic rings. The van der Waals surface area contributed by atoms with Crippen molar-refractivity contribution in [1.82, 2.24) is 20.2 Å². The van der Waals surface area contributed by atoms with Crippen LogP contribution in [-0.2, 0) is 0 Å². The normalized spacial score (nSPS) is 18.8. The van der Waals surface area contributed by atoms with Crippen LogP contribution in [0, 0.1) is 0 Å². The van der Waals surface area contributed by atoms with Crippen molar-refractivity contribution in [2.75, 3.05) is 5.32 Å². The summed E-state index contributed by atoms with van der Waals surface area (Å²) in [7, 11) is 0. The number of aromatic nitrogens is 4. The fourth-order valence-electron chi connectivity index (χ4n) is 2.13. The predicted molar refractivity (Wildman–Crippen MR) is 69.6 cm³/mol. The third kappa shape index (κ3) is 2.25. The van der Waals surface area contributed by atoms with Crippen molar-refractivity contribution in [3.8, 4) is 5.69 Å². The number of tetrazole rings is 1. The number of benzene rings is 1. The van der Waals surface area contributed by atoms with E-state index >= 15 is 0 Å². The highest BCUT2D eigenvalue weighted by molar-refractivity contribution is 5.39. The molecule has 1 aliphatic rings. The van der Waals surface area contributed by atoms with E-state index in [1.54, 1.807) is 4.68 Å². The van der Waals surface area contributed by atoms with Crippen molar-refractivity contribution in [2.45, 2.75) is 25.3 Å². The number of rotatable bonds is 3. The Morgan fingerprint density at radius 1 is 1.17 bits per heavy atom. The first-order valence-corrected chi connectivity index (χ1v) is 6.19. The Bertz CT molecular complexity index is 531. The van der Waals surface area contributed by atoms with Gasteiger partial charge in [-0.1, -0.05) is 35.4 Å². The van der Waals surface area contributed by atoms with Crippen molar-refractivity contribution in [3.05, 3.63) is 42.5 Å². The number of nitrogens with one attached hydrogen (secondary N) is 1. The monoisotopic (exact) mass is 241 g/mol. The molecule has 0 radical (unpaired) electrons. The third-order valence-corrected chi connectivity index (χ3v) is 3.07. The lowest BCUT2D eigenvalue weighted by Crippen LogP contribution is -2.22. The molecule has 1 unspecified atom stereocenters. The van der Waals surface area contributed by atoms with E-state index < -0.39 is 0 Å². The second-order valence-electron chi connectivity index (χ2n) is 4.38. The van der Waals surface area contributed by atoms with E-state index in [1.165, 1.54) is 0 Å². The van der Waals surface area contributed by atoms with E-state index in [-0.39, 0.29) is 0 Å². The van der Waals surface area contributed by atoms with Crippen LogP contribution < -0.4 is 5.32 Å². The van der Waals surface area contributed by atoms with Crippen molar-refractivity contribution in [1.29, 1.82) is 0 Å². The standard InChI is InChI=1S/C13H15N5/c1-3-7-11(8-4-1)14-13-15-16-17-18(13)12-9-5-2-6-10-12/h1-3,5-6,9-11H,4,7-8H2,(H,14,15,17). The molecule has 0 saturated carbocycles. The lowest BCUT2D eigenvalue weighted by molar-refractivity contribution is 0.635. The molecule has 3 rings (SSSR count). The summed E-state index contributed by atoms with van der Waals surface area (Å²) in [5.41, 5.74) is 0.969. The highest BCUT2D eigenvalue weighted by Crippen LogP contribution is 2.17. The van der Waals surface area contributed by atoms with Crippen LogP contribution in [0.25, 0.3) is 5.69 Å². The maximum Gasteiger partial charge on any atom is 0.247 e. The van der Waals surface area contributed by atoms with Crippen molar-refractivity contribution in [2.24, 2.45) is 0 Å². The van der Waals surface area contributed by atoms with E-state index in [4.69, 9.17) is 0 Å². The summed E-state index contributed by atoms with van der Waals surface area (Å²) in [5.74, 6) is 0.710. The van der Waals surface area contributed by atoms with Gasteiger partial charge in [0.15, 0.2) is 0 Å². The molecule has 0 aliphatic heterocycles. The van der Waals surface area contributed by atoms with Crippen LogP contribution in [0.5, 0.6) is 0 Å². The summed E-state index contributed by atoms with van der Waals surface area (Å²) in [4.78, 5) is 0. The second-order valence-corrected chi connectivity index (χ2v) is 4.38. The SMILES string of the molecule is C1=CCC(Nc2nnnn2-c2ccccc2)CC1. The number of hydrogen-bond acceptors (Lipinski definition) is 4. The van der Waals surface area contributed by atoms with Gasteiger partial charge in [-0.15, -0.1) is 0 Å². The van der Waals surface area contributed by atoms with Gasteiger partial charge in [0.1, 0.15) is 0 Å². The summed E-state index contributed by atoms with van der Waals surface area (Å²) >= 11 is 0. The summed E-state index contributed by atoms with van der Waals surface area (Å²) < 4.78 is 1.73. The number of nitrogens with zero attached hydrogens (tertiary/aromatic N) is 4. The fourth-order valence-corrected chi connectivity index (χ4v) is 2.13. The summed E-state index contributed by atoms with van der Waals surface area (Å²) in [6.07, 6.45) is 7.69. The van der Waals surface area contributed by atoms with Gasteiger partial charge in [-0.05, 0) is 41.8 Å². The maximum absolute atomic E-state index is 4.05. The van der Waals surface area contributed by atoms with Gasteiger partial charge in [0.25, 0.3) is 0 Å². The van der Waals surface area contributed by atoms with Gasteiger partial charge >= 0.3 is 0 Å². The molecule has 1 N–H and O–H groups in total. The molecule has 5 nitrogen and oxygen atoms in total. The van der Waals surface area contributed by atoms with Crippen LogP contribution in [0.4, 0.5) is 5.95 Å². The highest BCUT2D eigenvalue weighted by Gasteiger charge is 2.14. The average Bonchev–Trinajstić information content (AvgIpc) is 2.89. The summed E-state index contributed by atoms with van der Waals surface area (Å²) in [6.45, 7) is 0. The van der Waals surface area contributed by atoms with E-state index in [0.717, 1.165) is 24.9 Å². The Morgan fingerprint density at radius 2 is 2.06 bits per heavy atom. The van der Waals surface area contributed by atoms with E-state index in [2.05, 4.69) is 33.0 Å². The van der Waals surface area contributed by atoms with Crippen LogP contribution in [0.15, 0.2) is 42.5 Å². The summed E-state index contributed by atoms with van der Waals surface area (Å²) in [5, 5.41) is 15.2. The van der Waals surface area contributed by atoms with Gasteiger partial charge in [0.2, 0.25) is 5.95 Å². The minimum atomic E-state index is 0.420. The quantitative estimate of drug-likeness (QED) is 0.837. The second kappa shape index (κ2) is 5.00. The Hall–Kier alpha value is -2.17. The predicted octanol–water partition coefficient (Wildman–Crippen LogP) is 2.18. The lowest BCUT2D eigenvalue weighted by atomic mass is 10.0. The van der Waals surface area contributed by atoms with Crippen LogP contribution in [-0.4, -0.2) is 26.2 Å². The molecule has 92 valence electrons. The Balaban J connectivity index is 1.81. The van der Waals surface area contributed by atoms with Crippen LogP contribution in [0.1, 0.15) is 19.3 Å². The molecule has 1 aromatic carbocycles. The maximum atomic E-state index is 4.05. The first-order chi connectivity index (χ1) is 8.93. The first kappa shape index (κ1) is 11.0. The number of allylic oxidation sites excluding steroid dienone is 1. The average molecular weight is 241 g/mol. The summed E-state index contributed by atoms with van der Waals surface area (Å²) in [6, 6.07) is 10.3. The first-order valence-electron chi connectivity index (χ1n) is 6.19. The van der Waals surface area contributed by atoms with E-state index in [0.29, 0.717) is 12.0 Å². The van der Waals surface area contributed by atoms with Crippen LogP contribution in [0.3, 0.4) is 0 Å². The van der Waals surface area contributed by atoms with Gasteiger partial charge in [-0.3, -0.25) is 0 Å². The zero-order valence-corrected chi connectivity index (χ0v) is 10.0. The van der Waals surface area contributed by atoms with Gasteiger partial charge in [-0.2, -0.15) is 4.68 Å². The zero-order valence-electron chi connectivity index (χ0n) is 10.0. The Kier molecular flexibility index (Phi) is 3.04. The number of anilines is 1. The Labute approximate surface area is 106 Å². The lowest BCUT2D eigenvalue weighted by Gasteiger charge is -2.19. The molecule has 1 aliphatic carbocycles. The molecule has 0 bridgehead atoms. The van der Waals surface area contributed by atoms with Gasteiger partial charge in [0.05, 0.1) is 5.69 Å². The minimum absolute atomic E-state index is 0.420. The topological polar surface area (TPSA) is 55.6 Å². The molecule has 0 fully saturated rings. The molecular weight excluding hydrogens is 226 g/mol. The molecule has 18 heavy (non-hydrogen) atoms. The zero-order chi connectivity index (χ0) is 12.2. The fraction of sp³-hybridized carbons (Fsp3) is 0.308. The molecular formula is C13H15N5. The van der Waals surface area contributed by atoms with Crippen LogP contribution in [0.2, 0.25) is 0 Å². The van der Waals surface area contributed by atoms with E-state index in [9.17, 15) is 0 Å². The molecule has 0 amide bonds. The molecule has 1 heterocycles. The molecule has 0 saturated heterocycles. The van der Waals surface area contributed by atoms with Gasteiger partial charge in [-0.25, -0.2) is 0 Å². The highest BCUT2D eigenvalue weighted by atomic mass is 15.6.